The first kappa shape index (κ1) is 19.3. The lowest BCUT2D eigenvalue weighted by Gasteiger charge is -2.33. The van der Waals surface area contributed by atoms with Crippen LogP contribution in [0.4, 0.5) is 0 Å². The molecule has 0 radical (unpaired) electrons. The summed E-state index contributed by atoms with van der Waals surface area (Å²) in [4.78, 5) is 18.5. The second-order valence-electron chi connectivity index (χ2n) is 6.41. The first-order valence-corrected chi connectivity index (χ1v) is 9.38. The van der Waals surface area contributed by atoms with E-state index >= 15 is 0 Å². The van der Waals surface area contributed by atoms with E-state index < -0.39 is 0 Å². The van der Waals surface area contributed by atoms with Gasteiger partial charge < -0.3 is 15.0 Å². The van der Waals surface area contributed by atoms with E-state index in [0.29, 0.717) is 6.61 Å². The van der Waals surface area contributed by atoms with Crippen LogP contribution in [-0.4, -0.2) is 50.1 Å². The molecule has 1 N–H and O–H groups in total. The van der Waals surface area contributed by atoms with Crippen LogP contribution in [0.1, 0.15) is 37.8 Å². The fourth-order valence-corrected chi connectivity index (χ4v) is 3.18. The Morgan fingerprint density at radius 1 is 1.20 bits per heavy atom. The van der Waals surface area contributed by atoms with Crippen molar-refractivity contribution < 1.29 is 9.53 Å². The third kappa shape index (κ3) is 5.76. The summed E-state index contributed by atoms with van der Waals surface area (Å²) in [6.45, 7) is 7.03. The minimum Gasteiger partial charge on any atom is -0.466 e. The van der Waals surface area contributed by atoms with Gasteiger partial charge in [0.15, 0.2) is 5.96 Å². The quantitative estimate of drug-likeness (QED) is 0.489. The summed E-state index contributed by atoms with van der Waals surface area (Å²) in [6.07, 6.45) is 3.71. The number of rotatable bonds is 6. The molecule has 0 unspecified atom stereocenters. The number of carbonyl (C=O) groups is 1. The Bertz CT molecular complexity index is 561. The van der Waals surface area contributed by atoms with Crippen LogP contribution in [0.25, 0.3) is 0 Å². The average molecular weight is 345 g/mol. The lowest BCUT2D eigenvalue weighted by Crippen LogP contribution is -2.47. The highest BCUT2D eigenvalue weighted by atomic mass is 16.5. The second-order valence-corrected chi connectivity index (χ2v) is 6.41. The first-order chi connectivity index (χ1) is 12.2. The lowest BCUT2D eigenvalue weighted by molar-refractivity contribution is -0.149. The highest BCUT2D eigenvalue weighted by Crippen LogP contribution is 2.18. The van der Waals surface area contributed by atoms with Crippen molar-refractivity contribution in [1.82, 2.24) is 10.2 Å². The van der Waals surface area contributed by atoms with E-state index in [4.69, 9.17) is 4.74 Å². The highest BCUT2D eigenvalue weighted by Gasteiger charge is 2.27. The minimum absolute atomic E-state index is 0.0337. The smallest absolute Gasteiger partial charge is 0.309 e. The van der Waals surface area contributed by atoms with Crippen molar-refractivity contribution in [3.8, 4) is 0 Å². The van der Waals surface area contributed by atoms with E-state index in [2.05, 4.69) is 46.4 Å². The number of likely N-dealkylation sites (tertiary alicyclic amines) is 1. The molecule has 0 saturated carbocycles. The topological polar surface area (TPSA) is 53.9 Å². The Hall–Kier alpha value is -2.04. The van der Waals surface area contributed by atoms with Gasteiger partial charge in [-0.2, -0.15) is 0 Å². The van der Waals surface area contributed by atoms with Gasteiger partial charge in [0.1, 0.15) is 0 Å². The molecule has 25 heavy (non-hydrogen) atoms. The minimum atomic E-state index is -0.0550. The van der Waals surface area contributed by atoms with E-state index in [1.807, 2.05) is 14.0 Å². The van der Waals surface area contributed by atoms with E-state index in [0.717, 1.165) is 51.3 Å². The summed E-state index contributed by atoms with van der Waals surface area (Å²) in [5, 5.41) is 3.45. The fourth-order valence-electron chi connectivity index (χ4n) is 3.18. The van der Waals surface area contributed by atoms with Crippen LogP contribution in [0, 0.1) is 5.92 Å². The number of benzene rings is 1. The number of hydrogen-bond donors (Lipinski definition) is 1. The number of aliphatic imine (C=N–C) groups is 1. The van der Waals surface area contributed by atoms with Gasteiger partial charge in [-0.25, -0.2) is 0 Å². The Morgan fingerprint density at radius 3 is 2.40 bits per heavy atom. The van der Waals surface area contributed by atoms with Crippen molar-refractivity contribution in [2.75, 3.05) is 33.3 Å². The van der Waals surface area contributed by atoms with Gasteiger partial charge in [0, 0.05) is 26.7 Å². The number of carbonyl (C=O) groups excluding carboxylic acids is 1. The summed E-state index contributed by atoms with van der Waals surface area (Å²) in [6, 6.07) is 8.80. The van der Waals surface area contributed by atoms with E-state index in [9.17, 15) is 4.79 Å². The van der Waals surface area contributed by atoms with Crippen LogP contribution in [0.3, 0.4) is 0 Å². The highest BCUT2D eigenvalue weighted by molar-refractivity contribution is 5.80. The molecule has 5 nitrogen and oxygen atoms in total. The van der Waals surface area contributed by atoms with Crippen molar-refractivity contribution in [2.24, 2.45) is 10.9 Å². The van der Waals surface area contributed by atoms with Gasteiger partial charge in [-0.15, -0.1) is 0 Å². The Morgan fingerprint density at radius 2 is 1.84 bits per heavy atom. The van der Waals surface area contributed by atoms with Crippen molar-refractivity contribution in [2.45, 2.75) is 39.5 Å². The molecular weight excluding hydrogens is 314 g/mol. The number of nitrogens with one attached hydrogen (secondary N) is 1. The molecule has 1 heterocycles. The molecule has 1 saturated heterocycles. The SMILES string of the molecule is CCOC(=O)C1CCN(C(=NC)NCCc2ccc(CC)cc2)CC1. The number of aryl methyl sites for hydroxylation is 1. The Balaban J connectivity index is 1.76. The first-order valence-electron chi connectivity index (χ1n) is 9.38. The number of ether oxygens (including phenoxy) is 1. The molecular formula is C20H31N3O2. The number of piperidine rings is 1. The van der Waals surface area contributed by atoms with Crippen molar-refractivity contribution in [3.05, 3.63) is 35.4 Å². The van der Waals surface area contributed by atoms with E-state index in [-0.39, 0.29) is 11.9 Å². The van der Waals surface area contributed by atoms with E-state index in [1.54, 1.807) is 0 Å². The Kier molecular flexibility index (Phi) is 7.76. The maximum absolute atomic E-state index is 11.8. The molecule has 138 valence electrons. The summed E-state index contributed by atoms with van der Waals surface area (Å²) >= 11 is 0. The zero-order valence-corrected chi connectivity index (χ0v) is 15.8. The second kappa shape index (κ2) is 10.1. The summed E-state index contributed by atoms with van der Waals surface area (Å²) in [5.74, 6) is 0.902. The molecule has 0 amide bonds. The number of hydrogen-bond acceptors (Lipinski definition) is 3. The molecule has 1 aliphatic heterocycles. The van der Waals surface area contributed by atoms with Crippen LogP contribution >= 0.6 is 0 Å². The predicted molar refractivity (Wildman–Crippen MR) is 102 cm³/mol. The molecule has 5 heteroatoms. The molecule has 1 fully saturated rings. The standard InChI is InChI=1S/C20H31N3O2/c1-4-16-6-8-17(9-7-16)10-13-22-20(21-3)23-14-11-18(12-15-23)19(24)25-5-2/h6-9,18H,4-5,10-15H2,1-3H3,(H,21,22). The maximum Gasteiger partial charge on any atom is 0.309 e. The van der Waals surface area contributed by atoms with Gasteiger partial charge in [0.2, 0.25) is 0 Å². The van der Waals surface area contributed by atoms with Crippen LogP contribution in [-0.2, 0) is 22.4 Å². The summed E-state index contributed by atoms with van der Waals surface area (Å²) in [5.41, 5.74) is 2.71. The number of guanidine groups is 1. The van der Waals surface area contributed by atoms with Gasteiger partial charge in [-0.05, 0) is 43.7 Å². The maximum atomic E-state index is 11.8. The summed E-state index contributed by atoms with van der Waals surface area (Å²) in [7, 11) is 1.82. The molecule has 0 aliphatic carbocycles. The molecule has 1 aromatic rings. The lowest BCUT2D eigenvalue weighted by atomic mass is 9.97. The van der Waals surface area contributed by atoms with Gasteiger partial charge in [0.25, 0.3) is 0 Å². The fraction of sp³-hybridized carbons (Fsp3) is 0.600. The third-order valence-corrected chi connectivity index (χ3v) is 4.75. The largest absolute Gasteiger partial charge is 0.466 e. The normalized spacial score (nSPS) is 16.0. The molecule has 1 aliphatic rings. The molecule has 0 atom stereocenters. The Labute approximate surface area is 151 Å². The molecule has 0 spiro atoms. The third-order valence-electron chi connectivity index (χ3n) is 4.75. The molecule has 1 aromatic carbocycles. The predicted octanol–water partition coefficient (Wildman–Crippen LogP) is 2.64. The van der Waals surface area contributed by atoms with Crippen LogP contribution in [0.15, 0.2) is 29.3 Å². The van der Waals surface area contributed by atoms with Gasteiger partial charge in [-0.1, -0.05) is 31.2 Å². The molecule has 0 aromatic heterocycles. The van der Waals surface area contributed by atoms with E-state index in [1.165, 1.54) is 11.1 Å². The van der Waals surface area contributed by atoms with Crippen molar-refractivity contribution >= 4 is 11.9 Å². The zero-order valence-electron chi connectivity index (χ0n) is 15.8. The van der Waals surface area contributed by atoms with Crippen molar-refractivity contribution in [1.29, 1.82) is 0 Å². The van der Waals surface area contributed by atoms with Gasteiger partial charge in [-0.3, -0.25) is 9.79 Å². The van der Waals surface area contributed by atoms with Gasteiger partial charge in [0.05, 0.1) is 12.5 Å². The van der Waals surface area contributed by atoms with Crippen LogP contribution in [0.5, 0.6) is 0 Å². The monoisotopic (exact) mass is 345 g/mol. The average Bonchev–Trinajstić information content (AvgIpc) is 2.66. The molecule has 2 rings (SSSR count). The number of esters is 1. The molecule has 0 bridgehead atoms. The van der Waals surface area contributed by atoms with Crippen molar-refractivity contribution in [3.63, 3.8) is 0 Å². The van der Waals surface area contributed by atoms with Crippen LogP contribution in [0.2, 0.25) is 0 Å². The summed E-state index contributed by atoms with van der Waals surface area (Å²) < 4.78 is 5.13. The van der Waals surface area contributed by atoms with Crippen LogP contribution < -0.4 is 5.32 Å². The van der Waals surface area contributed by atoms with Gasteiger partial charge >= 0.3 is 5.97 Å². The number of nitrogens with zero attached hydrogens (tertiary/aromatic N) is 2. The zero-order chi connectivity index (χ0) is 18.1.